The fraction of sp³-hybridized carbons (Fsp3) is 0.444. The molecule has 2 aromatic heterocycles. The first-order chi connectivity index (χ1) is 11.0. The minimum absolute atomic E-state index is 0. The van der Waals surface area contributed by atoms with Crippen molar-refractivity contribution < 1.29 is 85.1 Å². The molecule has 0 aliphatic carbocycles. The van der Waals surface area contributed by atoms with Crippen LogP contribution in [0.4, 0.5) is 0 Å². The molecule has 0 radical (unpaired) electrons. The molecule has 17 heteroatoms. The Morgan fingerprint density at radius 3 is 1.65 bits per heavy atom. The zero-order valence-electron chi connectivity index (χ0n) is 13.9. The average molecular weight is 481 g/mol. The molecule has 0 amide bonds. The monoisotopic (exact) mass is 480 g/mol. The number of imidazole rings is 1. The van der Waals surface area contributed by atoms with Crippen molar-refractivity contribution in [2.45, 2.75) is 0 Å². The van der Waals surface area contributed by atoms with Crippen molar-refractivity contribution in [1.29, 1.82) is 0 Å². The molecule has 138 valence electrons. The van der Waals surface area contributed by atoms with Crippen molar-refractivity contribution in [1.82, 2.24) is 19.9 Å². The summed E-state index contributed by atoms with van der Waals surface area (Å²) >= 11 is 12.0. The molecule has 0 saturated carbocycles. The maximum atomic E-state index is 9.63. The van der Waals surface area contributed by atoms with E-state index in [2.05, 4.69) is 45.2 Å². The van der Waals surface area contributed by atoms with E-state index in [1.807, 2.05) is 0 Å². The van der Waals surface area contributed by atoms with Crippen LogP contribution in [0.2, 0.25) is 0 Å². The third-order valence-corrected chi connectivity index (χ3v) is 4.69. The predicted molar refractivity (Wildman–Crippen MR) is 95.9 cm³/mol. The molecule has 0 aromatic carbocycles. The molecule has 2 rings (SSSR count). The number of rotatable bonds is 4. The van der Waals surface area contributed by atoms with Gasteiger partial charge in [-0.2, -0.15) is 25.3 Å². The summed E-state index contributed by atoms with van der Waals surface area (Å²) in [7, 11) is -8.00. The topological polar surface area (TPSA) is 172 Å². The summed E-state index contributed by atoms with van der Waals surface area (Å²) in [6.45, 7) is 0. The van der Waals surface area contributed by atoms with Crippen molar-refractivity contribution in [3.63, 3.8) is 0 Å². The van der Waals surface area contributed by atoms with Crippen molar-refractivity contribution in [3.8, 4) is 0 Å². The van der Waals surface area contributed by atoms with E-state index in [-0.39, 0.29) is 82.1 Å². The molecule has 0 aliphatic heterocycles. The van der Waals surface area contributed by atoms with Crippen LogP contribution >= 0.6 is 37.5 Å². The van der Waals surface area contributed by atoms with Crippen LogP contribution in [0.25, 0.3) is 11.2 Å². The van der Waals surface area contributed by atoms with Gasteiger partial charge in [-0.15, -0.1) is 0 Å². The molecule has 0 saturated heterocycles. The molecular formula is C9H14N4Na2O6S5. The van der Waals surface area contributed by atoms with Crippen molar-refractivity contribution in [2.24, 2.45) is 0 Å². The summed E-state index contributed by atoms with van der Waals surface area (Å²) in [5.41, 5.74) is 1.54. The Kier molecular flexibility index (Phi) is 19.8. The standard InChI is InChI=1S/C5H4N4S.2C2H6O3S2.2Na/c10-5-3-4(7-1-6-3)8-2-9-5;2*3-7(4,5)2-1-6;;/h1-2H,(H2,6,7,8,9,10);2*6H,1-2H2,(H,3,4,5);;/q;;;2*+1/p-2. The molecule has 0 fully saturated rings. The van der Waals surface area contributed by atoms with Crippen LogP contribution in [0.5, 0.6) is 0 Å². The van der Waals surface area contributed by atoms with E-state index in [0.717, 1.165) is 11.2 Å². The van der Waals surface area contributed by atoms with Gasteiger partial charge >= 0.3 is 59.1 Å². The van der Waals surface area contributed by atoms with E-state index in [4.69, 9.17) is 12.2 Å². The Morgan fingerprint density at radius 1 is 0.923 bits per heavy atom. The summed E-state index contributed by atoms with van der Waals surface area (Å²) in [5.74, 6) is -0.552. The molecule has 0 atom stereocenters. The third-order valence-electron chi connectivity index (χ3n) is 1.92. The van der Waals surface area contributed by atoms with Gasteiger partial charge in [0, 0.05) is 23.0 Å². The van der Waals surface area contributed by atoms with E-state index < -0.39 is 20.2 Å². The average Bonchev–Trinajstić information content (AvgIpc) is 2.87. The van der Waals surface area contributed by atoms with Crippen molar-refractivity contribution >= 4 is 68.9 Å². The largest absolute Gasteiger partial charge is 1.00 e. The van der Waals surface area contributed by atoms with Crippen LogP contribution in [-0.2, 0) is 20.2 Å². The fourth-order valence-electron chi connectivity index (χ4n) is 1.01. The number of hydrogen-bond acceptors (Lipinski definition) is 11. The van der Waals surface area contributed by atoms with E-state index in [9.17, 15) is 25.9 Å². The number of fused-ring (bicyclic) bond motifs is 1. The Labute approximate surface area is 211 Å². The summed E-state index contributed by atoms with van der Waals surface area (Å²) in [6, 6.07) is 0. The summed E-state index contributed by atoms with van der Waals surface area (Å²) < 4.78 is 58.3. The maximum Gasteiger partial charge on any atom is 1.00 e. The zero-order valence-corrected chi connectivity index (χ0v) is 22.2. The molecule has 2 heterocycles. The van der Waals surface area contributed by atoms with Gasteiger partial charge in [0.1, 0.15) is 5.52 Å². The van der Waals surface area contributed by atoms with Crippen LogP contribution in [0.1, 0.15) is 0 Å². The van der Waals surface area contributed by atoms with Crippen LogP contribution in [0.15, 0.2) is 12.7 Å². The Balaban J connectivity index is -0.000000303. The molecule has 0 unspecified atom stereocenters. The number of nitrogens with one attached hydrogen (secondary N) is 2. The van der Waals surface area contributed by atoms with Gasteiger partial charge in [-0.3, -0.25) is 0 Å². The summed E-state index contributed by atoms with van der Waals surface area (Å²) in [6.07, 6.45) is 3.12. The molecule has 10 nitrogen and oxygen atoms in total. The first kappa shape index (κ1) is 32.0. The fourth-order valence-corrected chi connectivity index (χ4v) is 3.00. The summed E-state index contributed by atoms with van der Waals surface area (Å²) in [4.78, 5) is 13.6. The van der Waals surface area contributed by atoms with Crippen molar-refractivity contribution in [3.05, 3.63) is 17.3 Å². The second-order valence-electron chi connectivity index (χ2n) is 3.80. The predicted octanol–water partition coefficient (Wildman–Crippen LogP) is -6.05. The van der Waals surface area contributed by atoms with Crippen LogP contribution in [0, 0.1) is 4.64 Å². The van der Waals surface area contributed by atoms with Gasteiger partial charge in [0.15, 0.2) is 10.3 Å². The summed E-state index contributed by atoms with van der Waals surface area (Å²) in [5, 5.41) is 0. The Morgan fingerprint density at radius 2 is 1.35 bits per heavy atom. The van der Waals surface area contributed by atoms with Crippen LogP contribution in [-0.4, -0.2) is 68.9 Å². The van der Waals surface area contributed by atoms with Crippen LogP contribution in [0.3, 0.4) is 0 Å². The quantitative estimate of drug-likeness (QED) is 0.144. The molecule has 0 aliphatic rings. The second kappa shape index (κ2) is 16.1. The first-order valence-electron chi connectivity index (χ1n) is 5.95. The van der Waals surface area contributed by atoms with E-state index in [0.29, 0.717) is 4.64 Å². The van der Waals surface area contributed by atoms with Gasteiger partial charge in [-0.25, -0.2) is 26.8 Å². The van der Waals surface area contributed by atoms with Gasteiger partial charge in [0.05, 0.1) is 32.9 Å². The minimum Gasteiger partial charge on any atom is -0.748 e. The first-order valence-corrected chi connectivity index (χ1v) is 10.8. The number of nitrogens with zero attached hydrogens (tertiary/aromatic N) is 2. The molecule has 26 heavy (non-hydrogen) atoms. The third kappa shape index (κ3) is 17.4. The number of aromatic amines is 2. The van der Waals surface area contributed by atoms with Gasteiger partial charge in [0.25, 0.3) is 0 Å². The van der Waals surface area contributed by atoms with Gasteiger partial charge < -0.3 is 19.1 Å². The molecule has 0 bridgehead atoms. The van der Waals surface area contributed by atoms with E-state index in [1.54, 1.807) is 6.33 Å². The number of thiol groups is 2. The minimum atomic E-state index is -4.00. The van der Waals surface area contributed by atoms with Crippen molar-refractivity contribution in [2.75, 3.05) is 23.0 Å². The van der Waals surface area contributed by atoms with Crippen LogP contribution < -0.4 is 59.1 Å². The number of hydrogen-bond donors (Lipinski definition) is 4. The Bertz CT molecular complexity index is 851. The number of aromatic nitrogens is 4. The molecule has 0 spiro atoms. The maximum absolute atomic E-state index is 9.63. The van der Waals surface area contributed by atoms with E-state index >= 15 is 0 Å². The molecular weight excluding hydrogens is 466 g/mol. The van der Waals surface area contributed by atoms with Gasteiger partial charge in [-0.1, -0.05) is 12.2 Å². The van der Waals surface area contributed by atoms with Gasteiger partial charge in [-0.05, 0) is 0 Å². The molecule has 2 N–H and O–H groups in total. The van der Waals surface area contributed by atoms with E-state index in [1.165, 1.54) is 6.33 Å². The smallest absolute Gasteiger partial charge is 0.748 e. The zero-order chi connectivity index (χ0) is 18.8. The number of H-pyrrole nitrogens is 2. The second-order valence-corrected chi connectivity index (χ2v) is 8.13. The van der Waals surface area contributed by atoms with Gasteiger partial charge in [0.2, 0.25) is 0 Å². The Hall–Kier alpha value is 1.29. The molecule has 2 aromatic rings. The normalized spacial score (nSPS) is 10.3. The SMILES string of the molecule is O=S(=O)([O-])CCS.O=S(=O)([O-])CCS.S=c1nc[nH]c2nc[nH]c12.[Na+].[Na+].